The minimum atomic E-state index is 0.274. The predicted octanol–water partition coefficient (Wildman–Crippen LogP) is 1.34. The Kier molecular flexibility index (Phi) is 5.47. The molecule has 1 saturated heterocycles. The van der Waals surface area contributed by atoms with Crippen LogP contribution in [0.25, 0.3) is 0 Å². The average Bonchev–Trinajstić information content (AvgIpc) is 2.69. The smallest absolute Gasteiger partial charge is 0.224 e. The molecule has 1 rings (SSSR count). The first kappa shape index (κ1) is 12.8. The molecule has 0 aromatic rings. The molecule has 0 aliphatic carbocycles. The van der Waals surface area contributed by atoms with Crippen LogP contribution < -0.4 is 5.32 Å². The zero-order chi connectivity index (χ0) is 11.3. The third-order valence-corrected chi connectivity index (χ3v) is 4.03. The maximum Gasteiger partial charge on any atom is 0.224 e. The lowest BCUT2D eigenvalue weighted by atomic mass is 10.1. The van der Waals surface area contributed by atoms with E-state index in [2.05, 4.69) is 19.2 Å². The Morgan fingerprint density at radius 2 is 2.40 bits per heavy atom. The van der Waals surface area contributed by atoms with E-state index < -0.39 is 0 Å². The number of thioether (sulfide) groups is 1. The summed E-state index contributed by atoms with van der Waals surface area (Å²) in [6.45, 7) is 5.06. The van der Waals surface area contributed by atoms with Crippen LogP contribution in [0.15, 0.2) is 0 Å². The fourth-order valence-electron chi connectivity index (χ4n) is 1.86. The molecule has 1 fully saturated rings. The van der Waals surface area contributed by atoms with Crippen LogP contribution in [0.4, 0.5) is 0 Å². The first-order chi connectivity index (χ1) is 7.15. The Bertz CT molecular complexity index is 205. The topological polar surface area (TPSA) is 32.3 Å². The van der Waals surface area contributed by atoms with E-state index in [1.165, 1.54) is 5.75 Å². The van der Waals surface area contributed by atoms with Crippen LogP contribution in [0, 0.1) is 0 Å². The van der Waals surface area contributed by atoms with Crippen molar-refractivity contribution in [2.45, 2.75) is 38.8 Å². The molecule has 1 heterocycles. The maximum absolute atomic E-state index is 11.9. The van der Waals surface area contributed by atoms with Crippen molar-refractivity contribution >= 4 is 17.7 Å². The van der Waals surface area contributed by atoms with Gasteiger partial charge in [-0.25, -0.2) is 0 Å². The summed E-state index contributed by atoms with van der Waals surface area (Å²) in [5, 5.41) is 3.27. The van der Waals surface area contributed by atoms with E-state index in [-0.39, 0.29) is 5.91 Å². The van der Waals surface area contributed by atoms with Gasteiger partial charge in [0.05, 0.1) is 0 Å². The van der Waals surface area contributed by atoms with Crippen LogP contribution in [-0.4, -0.2) is 48.0 Å². The van der Waals surface area contributed by atoms with Gasteiger partial charge in [0.15, 0.2) is 0 Å². The van der Waals surface area contributed by atoms with Gasteiger partial charge >= 0.3 is 0 Å². The average molecular weight is 230 g/mol. The Balaban J connectivity index is 2.31. The monoisotopic (exact) mass is 230 g/mol. The van der Waals surface area contributed by atoms with Gasteiger partial charge in [-0.05, 0) is 25.6 Å². The second-order valence-corrected chi connectivity index (χ2v) is 5.33. The molecule has 3 nitrogen and oxygen atoms in total. The minimum absolute atomic E-state index is 0.274. The normalized spacial score (nSPS) is 22.7. The van der Waals surface area contributed by atoms with E-state index in [4.69, 9.17) is 0 Å². The number of hydrogen-bond acceptors (Lipinski definition) is 3. The van der Waals surface area contributed by atoms with Gasteiger partial charge in [-0.2, -0.15) is 11.8 Å². The SMILES string of the molecule is CCNC(C)CC(=O)N(C)C1CCSC1. The number of amides is 1. The first-order valence-electron chi connectivity index (χ1n) is 5.72. The Morgan fingerprint density at radius 3 is 2.93 bits per heavy atom. The van der Waals surface area contributed by atoms with Crippen LogP contribution >= 0.6 is 11.8 Å². The largest absolute Gasteiger partial charge is 0.342 e. The molecule has 15 heavy (non-hydrogen) atoms. The number of nitrogens with one attached hydrogen (secondary N) is 1. The zero-order valence-electron chi connectivity index (χ0n) is 9.95. The third kappa shape index (κ3) is 4.03. The summed E-state index contributed by atoms with van der Waals surface area (Å²) in [4.78, 5) is 13.8. The zero-order valence-corrected chi connectivity index (χ0v) is 10.8. The van der Waals surface area contributed by atoms with Gasteiger partial charge in [0.25, 0.3) is 0 Å². The molecule has 88 valence electrons. The molecule has 0 spiro atoms. The summed E-state index contributed by atoms with van der Waals surface area (Å²) < 4.78 is 0. The molecule has 0 bridgehead atoms. The number of hydrogen-bond donors (Lipinski definition) is 1. The third-order valence-electron chi connectivity index (χ3n) is 2.88. The highest BCUT2D eigenvalue weighted by Crippen LogP contribution is 2.21. The molecular formula is C11H22N2OS. The van der Waals surface area contributed by atoms with E-state index in [0.29, 0.717) is 18.5 Å². The molecule has 4 heteroatoms. The summed E-state index contributed by atoms with van der Waals surface area (Å²) in [6, 6.07) is 0.760. The molecule has 0 aromatic carbocycles. The van der Waals surface area contributed by atoms with Crippen LogP contribution in [-0.2, 0) is 4.79 Å². The molecule has 1 N–H and O–H groups in total. The molecule has 2 atom stereocenters. The van der Waals surface area contributed by atoms with Gasteiger partial charge in [-0.15, -0.1) is 0 Å². The van der Waals surface area contributed by atoms with Crippen molar-refractivity contribution in [2.75, 3.05) is 25.1 Å². The molecule has 2 unspecified atom stereocenters. The van der Waals surface area contributed by atoms with Crippen molar-refractivity contribution in [3.8, 4) is 0 Å². The van der Waals surface area contributed by atoms with E-state index >= 15 is 0 Å². The van der Waals surface area contributed by atoms with E-state index in [9.17, 15) is 4.79 Å². The number of carbonyl (C=O) groups is 1. The van der Waals surface area contributed by atoms with Gasteiger partial charge in [-0.3, -0.25) is 4.79 Å². The molecule has 0 saturated carbocycles. The van der Waals surface area contributed by atoms with Crippen molar-refractivity contribution < 1.29 is 4.79 Å². The summed E-state index contributed by atoms with van der Waals surface area (Å²) in [7, 11) is 1.94. The standard InChI is InChI=1S/C11H22N2OS/c1-4-12-9(2)7-11(14)13(3)10-5-6-15-8-10/h9-10,12H,4-8H2,1-3H3. The van der Waals surface area contributed by atoms with Crippen LogP contribution in [0.5, 0.6) is 0 Å². The molecule has 1 aliphatic rings. The molecule has 0 radical (unpaired) electrons. The molecule has 1 amide bonds. The van der Waals surface area contributed by atoms with Crippen molar-refractivity contribution in [1.82, 2.24) is 10.2 Å². The Hall–Kier alpha value is -0.220. The minimum Gasteiger partial charge on any atom is -0.342 e. The highest BCUT2D eigenvalue weighted by atomic mass is 32.2. The summed E-state index contributed by atoms with van der Waals surface area (Å²) >= 11 is 1.95. The second-order valence-electron chi connectivity index (χ2n) is 4.18. The van der Waals surface area contributed by atoms with Gasteiger partial charge in [0.1, 0.15) is 0 Å². The number of carbonyl (C=O) groups excluding carboxylic acids is 1. The number of rotatable bonds is 5. The summed E-state index contributed by atoms with van der Waals surface area (Å²) in [6.07, 6.45) is 1.77. The van der Waals surface area contributed by atoms with E-state index in [1.54, 1.807) is 0 Å². The first-order valence-corrected chi connectivity index (χ1v) is 6.87. The van der Waals surface area contributed by atoms with Gasteiger partial charge in [0.2, 0.25) is 5.91 Å². The Morgan fingerprint density at radius 1 is 1.67 bits per heavy atom. The van der Waals surface area contributed by atoms with Gasteiger partial charge in [0, 0.05) is 31.3 Å². The van der Waals surface area contributed by atoms with Crippen LogP contribution in [0.3, 0.4) is 0 Å². The highest BCUT2D eigenvalue weighted by Gasteiger charge is 2.24. The van der Waals surface area contributed by atoms with Crippen LogP contribution in [0.1, 0.15) is 26.7 Å². The lowest BCUT2D eigenvalue weighted by molar-refractivity contribution is -0.131. The predicted molar refractivity (Wildman–Crippen MR) is 66.3 cm³/mol. The Labute approximate surface area is 97.0 Å². The fourth-order valence-corrected chi connectivity index (χ4v) is 3.13. The van der Waals surface area contributed by atoms with Gasteiger partial charge < -0.3 is 10.2 Å². The molecular weight excluding hydrogens is 208 g/mol. The lowest BCUT2D eigenvalue weighted by Crippen LogP contribution is -2.40. The summed E-state index contributed by atoms with van der Waals surface area (Å²) in [5.41, 5.74) is 0. The van der Waals surface area contributed by atoms with Crippen molar-refractivity contribution in [3.05, 3.63) is 0 Å². The second kappa shape index (κ2) is 6.38. The fraction of sp³-hybridized carbons (Fsp3) is 0.909. The molecule has 1 aliphatic heterocycles. The van der Waals surface area contributed by atoms with Crippen molar-refractivity contribution in [2.24, 2.45) is 0 Å². The summed E-state index contributed by atoms with van der Waals surface area (Å²) in [5.74, 6) is 2.58. The number of nitrogens with zero attached hydrogens (tertiary/aromatic N) is 1. The van der Waals surface area contributed by atoms with Gasteiger partial charge in [-0.1, -0.05) is 6.92 Å². The quantitative estimate of drug-likeness (QED) is 0.773. The van der Waals surface area contributed by atoms with Crippen molar-refractivity contribution in [1.29, 1.82) is 0 Å². The highest BCUT2D eigenvalue weighted by molar-refractivity contribution is 7.99. The maximum atomic E-state index is 11.9. The van der Waals surface area contributed by atoms with E-state index in [1.807, 2.05) is 23.7 Å². The van der Waals surface area contributed by atoms with E-state index in [0.717, 1.165) is 18.7 Å². The molecule has 0 aromatic heterocycles. The lowest BCUT2D eigenvalue weighted by Gasteiger charge is -2.25. The van der Waals surface area contributed by atoms with Crippen LogP contribution in [0.2, 0.25) is 0 Å². The van der Waals surface area contributed by atoms with Crippen molar-refractivity contribution in [3.63, 3.8) is 0 Å².